The fraction of sp³-hybridized carbons (Fsp3) is 0.886. The van der Waals surface area contributed by atoms with Crippen LogP contribution in [0.4, 0.5) is 0 Å². The molecule has 0 aliphatic carbocycles. The SMILES string of the molecule is CCCCCCCC/C=C/CCCCCCCCCC(=O)N[C@@H](COP(=O)(O)OCC[N+](C)(C)C)[C@H](O)/C=C/CCCCCCCCCCCCCC. The molecule has 0 aliphatic rings. The molecule has 3 atom stereocenters. The van der Waals surface area contributed by atoms with Crippen molar-refractivity contribution in [2.24, 2.45) is 0 Å². The zero-order valence-electron chi connectivity index (χ0n) is 35.5. The number of allylic oxidation sites excluding steroid dienone is 3. The number of unbranched alkanes of at least 4 members (excludes halogenated alkanes) is 25. The summed E-state index contributed by atoms with van der Waals surface area (Å²) in [6, 6.07) is -0.844. The molecule has 0 saturated heterocycles. The Bertz CT molecular complexity index is 922. The fourth-order valence-corrected chi connectivity index (χ4v) is 7.07. The van der Waals surface area contributed by atoms with Gasteiger partial charge in [0, 0.05) is 6.42 Å². The van der Waals surface area contributed by atoms with Gasteiger partial charge >= 0.3 is 7.82 Å². The van der Waals surface area contributed by atoms with Gasteiger partial charge in [-0.2, -0.15) is 0 Å². The number of phosphoric ester groups is 1. The number of aliphatic hydroxyl groups is 1. The van der Waals surface area contributed by atoms with E-state index in [2.05, 4.69) is 31.3 Å². The first-order valence-electron chi connectivity index (χ1n) is 22.2. The smallest absolute Gasteiger partial charge is 0.387 e. The van der Waals surface area contributed by atoms with Crippen LogP contribution >= 0.6 is 7.82 Å². The van der Waals surface area contributed by atoms with Gasteiger partial charge in [0.15, 0.2) is 0 Å². The van der Waals surface area contributed by atoms with Gasteiger partial charge < -0.3 is 19.8 Å². The fourth-order valence-electron chi connectivity index (χ4n) is 6.33. The molecular formula is C44H88N2O6P+. The van der Waals surface area contributed by atoms with Crippen LogP contribution in [-0.4, -0.2) is 73.4 Å². The number of nitrogens with zero attached hydrogens (tertiary/aromatic N) is 1. The second-order valence-electron chi connectivity index (χ2n) is 16.4. The number of rotatable bonds is 40. The number of carbonyl (C=O) groups excluding carboxylic acids is 1. The molecule has 1 amide bonds. The summed E-state index contributed by atoms with van der Waals surface area (Å²) in [5.41, 5.74) is 0. The summed E-state index contributed by atoms with van der Waals surface area (Å²) < 4.78 is 23.5. The number of hydrogen-bond acceptors (Lipinski definition) is 5. The predicted octanol–water partition coefficient (Wildman–Crippen LogP) is 12.1. The summed E-state index contributed by atoms with van der Waals surface area (Å²) in [4.78, 5) is 23.1. The topological polar surface area (TPSA) is 105 Å². The quantitative estimate of drug-likeness (QED) is 0.0248. The van der Waals surface area contributed by atoms with Crippen molar-refractivity contribution >= 4 is 13.7 Å². The van der Waals surface area contributed by atoms with Crippen molar-refractivity contribution in [1.82, 2.24) is 5.32 Å². The molecule has 1 unspecified atom stereocenters. The Labute approximate surface area is 328 Å². The summed E-state index contributed by atoms with van der Waals surface area (Å²) in [5, 5.41) is 13.8. The minimum Gasteiger partial charge on any atom is -0.387 e. The maximum Gasteiger partial charge on any atom is 0.472 e. The van der Waals surface area contributed by atoms with E-state index in [9.17, 15) is 19.4 Å². The standard InChI is InChI=1S/C44H87N2O6P/c1-6-8-10-12-14-16-18-20-22-23-24-26-28-30-32-34-36-38-44(48)45-42(41-52-53(49,50)51-40-39-46(3,4)5)43(47)37-35-33-31-29-27-25-21-19-17-15-13-11-9-7-2/h20,22,35,37,42-43,47H,6-19,21,23-34,36,38-41H2,1-5H3,(H-,45,48,49,50)/p+1/b22-20+,37-35+/t42-,43+/m0/s1. The average molecular weight is 772 g/mol. The van der Waals surface area contributed by atoms with E-state index < -0.39 is 20.0 Å². The van der Waals surface area contributed by atoms with Crippen molar-refractivity contribution in [2.45, 2.75) is 212 Å². The molecular weight excluding hydrogens is 683 g/mol. The van der Waals surface area contributed by atoms with Crippen LogP contribution in [-0.2, 0) is 18.4 Å². The van der Waals surface area contributed by atoms with Gasteiger partial charge in [-0.15, -0.1) is 0 Å². The normalized spacial score (nSPS) is 14.6. The van der Waals surface area contributed by atoms with Crippen LogP contribution in [0.15, 0.2) is 24.3 Å². The summed E-state index contributed by atoms with van der Waals surface area (Å²) >= 11 is 0. The number of hydrogen-bond donors (Lipinski definition) is 3. The van der Waals surface area contributed by atoms with E-state index in [1.165, 1.54) is 141 Å². The molecule has 3 N–H and O–H groups in total. The third-order valence-electron chi connectivity index (χ3n) is 9.92. The van der Waals surface area contributed by atoms with Gasteiger partial charge in [0.25, 0.3) is 0 Å². The molecule has 0 radical (unpaired) electrons. The third kappa shape index (κ3) is 39.0. The van der Waals surface area contributed by atoms with Gasteiger partial charge in [0.1, 0.15) is 13.2 Å². The van der Waals surface area contributed by atoms with Crippen LogP contribution in [0.1, 0.15) is 200 Å². The van der Waals surface area contributed by atoms with Crippen molar-refractivity contribution in [2.75, 3.05) is 40.9 Å². The van der Waals surface area contributed by atoms with Crippen LogP contribution in [0.5, 0.6) is 0 Å². The van der Waals surface area contributed by atoms with Crippen molar-refractivity contribution < 1.29 is 32.9 Å². The zero-order valence-corrected chi connectivity index (χ0v) is 36.4. The van der Waals surface area contributed by atoms with Crippen LogP contribution < -0.4 is 5.32 Å². The Morgan fingerprint density at radius 3 is 1.45 bits per heavy atom. The van der Waals surface area contributed by atoms with Crippen LogP contribution in [0.25, 0.3) is 0 Å². The number of aliphatic hydroxyl groups excluding tert-OH is 1. The van der Waals surface area contributed by atoms with Crippen LogP contribution in [0.3, 0.4) is 0 Å². The summed E-state index contributed by atoms with van der Waals surface area (Å²) in [7, 11) is 1.57. The largest absolute Gasteiger partial charge is 0.472 e. The molecule has 0 rings (SSSR count). The van der Waals surface area contributed by atoms with Gasteiger partial charge in [0.05, 0.1) is 39.9 Å². The third-order valence-corrected chi connectivity index (χ3v) is 10.9. The lowest BCUT2D eigenvalue weighted by Crippen LogP contribution is -2.45. The minimum absolute atomic E-state index is 0.0617. The monoisotopic (exact) mass is 772 g/mol. The molecule has 0 aromatic rings. The highest BCUT2D eigenvalue weighted by Crippen LogP contribution is 2.43. The highest BCUT2D eigenvalue weighted by atomic mass is 31.2. The van der Waals surface area contributed by atoms with Crippen LogP contribution in [0.2, 0.25) is 0 Å². The first-order valence-corrected chi connectivity index (χ1v) is 23.7. The summed E-state index contributed by atoms with van der Waals surface area (Å²) in [6.45, 7) is 4.80. The van der Waals surface area contributed by atoms with Gasteiger partial charge in [-0.25, -0.2) is 4.57 Å². The van der Waals surface area contributed by atoms with Crippen LogP contribution in [0, 0.1) is 0 Å². The summed E-state index contributed by atoms with van der Waals surface area (Å²) in [6.07, 6.45) is 42.4. The lowest BCUT2D eigenvalue weighted by atomic mass is 10.0. The van der Waals surface area contributed by atoms with E-state index in [0.717, 1.165) is 38.5 Å². The van der Waals surface area contributed by atoms with E-state index in [-0.39, 0.29) is 19.1 Å². The Morgan fingerprint density at radius 2 is 1.02 bits per heavy atom. The van der Waals surface area contributed by atoms with Crippen molar-refractivity contribution in [1.29, 1.82) is 0 Å². The number of likely N-dealkylation sites (N-methyl/N-ethyl adjacent to an activating group) is 1. The molecule has 314 valence electrons. The van der Waals surface area contributed by atoms with Gasteiger partial charge in [0.2, 0.25) is 5.91 Å². The molecule has 0 heterocycles. The molecule has 0 fully saturated rings. The molecule has 0 aromatic heterocycles. The van der Waals surface area contributed by atoms with Crippen molar-refractivity contribution in [3.05, 3.63) is 24.3 Å². The molecule has 8 nitrogen and oxygen atoms in total. The number of amides is 1. The molecule has 53 heavy (non-hydrogen) atoms. The molecule has 0 saturated carbocycles. The summed E-state index contributed by atoms with van der Waals surface area (Å²) in [5.74, 6) is -0.182. The van der Waals surface area contributed by atoms with E-state index in [0.29, 0.717) is 17.4 Å². The van der Waals surface area contributed by atoms with E-state index >= 15 is 0 Å². The second-order valence-corrected chi connectivity index (χ2v) is 17.9. The first kappa shape index (κ1) is 52.0. The van der Waals surface area contributed by atoms with Crippen molar-refractivity contribution in [3.8, 4) is 0 Å². The number of nitrogens with one attached hydrogen (secondary N) is 1. The molecule has 0 aromatic carbocycles. The first-order chi connectivity index (χ1) is 25.5. The lowest BCUT2D eigenvalue weighted by Gasteiger charge is -2.25. The maximum atomic E-state index is 12.9. The Morgan fingerprint density at radius 1 is 0.623 bits per heavy atom. The van der Waals surface area contributed by atoms with E-state index in [1.54, 1.807) is 6.08 Å². The van der Waals surface area contributed by atoms with Gasteiger partial charge in [-0.3, -0.25) is 13.8 Å². The number of phosphoric acid groups is 1. The van der Waals surface area contributed by atoms with E-state index in [1.807, 2.05) is 27.2 Å². The maximum absolute atomic E-state index is 12.9. The zero-order chi connectivity index (χ0) is 39.3. The number of carbonyl (C=O) groups is 1. The Kier molecular flexibility index (Phi) is 35.9. The van der Waals surface area contributed by atoms with E-state index in [4.69, 9.17) is 9.05 Å². The lowest BCUT2D eigenvalue weighted by molar-refractivity contribution is -0.870. The van der Waals surface area contributed by atoms with Gasteiger partial charge in [-0.05, 0) is 44.9 Å². The number of quaternary nitrogens is 1. The van der Waals surface area contributed by atoms with Gasteiger partial charge in [-0.1, -0.05) is 173 Å². The average Bonchev–Trinajstić information content (AvgIpc) is 3.10. The highest BCUT2D eigenvalue weighted by Gasteiger charge is 2.27. The molecule has 0 spiro atoms. The van der Waals surface area contributed by atoms with Crippen molar-refractivity contribution in [3.63, 3.8) is 0 Å². The Balaban J connectivity index is 4.42. The predicted molar refractivity (Wildman–Crippen MR) is 226 cm³/mol. The Hall–Kier alpha value is -1.02. The minimum atomic E-state index is -4.33. The second kappa shape index (κ2) is 36.6. The molecule has 9 heteroatoms. The molecule has 0 aliphatic heterocycles. The highest BCUT2D eigenvalue weighted by molar-refractivity contribution is 7.47. The molecule has 0 bridgehead atoms.